The normalized spacial score (nSPS) is 25.1. The number of nitrogens with one attached hydrogen (secondary N) is 1. The second-order valence-electron chi connectivity index (χ2n) is 5.51. The summed E-state index contributed by atoms with van der Waals surface area (Å²) < 4.78 is 4.91. The minimum absolute atomic E-state index is 0.0235. The molecule has 0 aliphatic carbocycles. The summed E-state index contributed by atoms with van der Waals surface area (Å²) in [6, 6.07) is 1.72. The van der Waals surface area contributed by atoms with Gasteiger partial charge in [0.1, 0.15) is 5.76 Å². The van der Waals surface area contributed by atoms with Gasteiger partial charge in [-0.3, -0.25) is 9.69 Å². The highest BCUT2D eigenvalue weighted by Crippen LogP contribution is 2.20. The van der Waals surface area contributed by atoms with Crippen molar-refractivity contribution >= 4 is 11.7 Å². The van der Waals surface area contributed by atoms with Gasteiger partial charge in [-0.1, -0.05) is 19.0 Å². The van der Waals surface area contributed by atoms with Gasteiger partial charge in [0.05, 0.1) is 6.54 Å². The highest BCUT2D eigenvalue weighted by atomic mass is 16.5. The molecule has 0 bridgehead atoms. The molecule has 0 spiro atoms. The zero-order valence-corrected chi connectivity index (χ0v) is 11.3. The second-order valence-corrected chi connectivity index (χ2v) is 5.51. The van der Waals surface area contributed by atoms with Crippen LogP contribution < -0.4 is 5.32 Å². The Morgan fingerprint density at radius 2 is 2.17 bits per heavy atom. The van der Waals surface area contributed by atoms with Crippen LogP contribution in [0.15, 0.2) is 10.6 Å². The molecule has 100 valence electrons. The van der Waals surface area contributed by atoms with Crippen LogP contribution in [0.2, 0.25) is 0 Å². The lowest BCUT2D eigenvalue weighted by Gasteiger charge is -2.34. The molecule has 5 heteroatoms. The summed E-state index contributed by atoms with van der Waals surface area (Å²) in [4.78, 5) is 14.1. The average Bonchev–Trinajstić information content (AvgIpc) is 2.61. The fourth-order valence-corrected chi connectivity index (χ4v) is 2.73. The number of nitrogens with zero attached hydrogens (tertiary/aromatic N) is 2. The van der Waals surface area contributed by atoms with Gasteiger partial charge in [0.25, 0.3) is 0 Å². The number of anilines is 1. The van der Waals surface area contributed by atoms with Crippen molar-refractivity contribution in [1.29, 1.82) is 0 Å². The third-order valence-electron chi connectivity index (χ3n) is 3.21. The summed E-state index contributed by atoms with van der Waals surface area (Å²) in [7, 11) is 0. The van der Waals surface area contributed by atoms with Crippen molar-refractivity contribution in [3.8, 4) is 0 Å². The summed E-state index contributed by atoms with van der Waals surface area (Å²) in [6.45, 7) is 8.70. The van der Waals surface area contributed by atoms with Crippen molar-refractivity contribution in [2.24, 2.45) is 11.8 Å². The largest absolute Gasteiger partial charge is 0.360 e. The Kier molecular flexibility index (Phi) is 4.01. The summed E-state index contributed by atoms with van der Waals surface area (Å²) in [5.74, 6) is 2.50. The van der Waals surface area contributed by atoms with Crippen molar-refractivity contribution in [2.45, 2.75) is 27.2 Å². The van der Waals surface area contributed by atoms with E-state index in [0.717, 1.165) is 13.1 Å². The first kappa shape index (κ1) is 13.1. The first-order valence-corrected chi connectivity index (χ1v) is 6.48. The van der Waals surface area contributed by atoms with Gasteiger partial charge in [0, 0.05) is 19.2 Å². The summed E-state index contributed by atoms with van der Waals surface area (Å²) in [6.07, 6.45) is 1.25. The number of piperidine rings is 1. The fourth-order valence-electron chi connectivity index (χ4n) is 2.73. The molecule has 0 radical (unpaired) electrons. The Hall–Kier alpha value is -1.36. The van der Waals surface area contributed by atoms with Crippen LogP contribution in [0, 0.1) is 18.8 Å². The Morgan fingerprint density at radius 1 is 1.50 bits per heavy atom. The van der Waals surface area contributed by atoms with Crippen molar-refractivity contribution in [2.75, 3.05) is 25.0 Å². The van der Waals surface area contributed by atoms with E-state index in [1.807, 2.05) is 0 Å². The molecule has 1 aliphatic heterocycles. The van der Waals surface area contributed by atoms with E-state index in [0.29, 0.717) is 30.0 Å². The molecule has 0 aromatic carbocycles. The predicted octanol–water partition coefficient (Wildman–Crippen LogP) is 1.90. The number of carbonyl (C=O) groups excluding carboxylic acids is 1. The number of amides is 1. The monoisotopic (exact) mass is 251 g/mol. The van der Waals surface area contributed by atoms with E-state index >= 15 is 0 Å². The molecular formula is C13H21N3O2. The minimum Gasteiger partial charge on any atom is -0.360 e. The third-order valence-corrected chi connectivity index (χ3v) is 3.21. The lowest BCUT2D eigenvalue weighted by atomic mass is 9.92. The number of likely N-dealkylation sites (tertiary alicyclic amines) is 1. The van der Waals surface area contributed by atoms with Gasteiger partial charge in [0.2, 0.25) is 5.91 Å². The highest BCUT2D eigenvalue weighted by Gasteiger charge is 2.23. The van der Waals surface area contributed by atoms with Crippen LogP contribution in [0.5, 0.6) is 0 Å². The number of hydrogen-bond donors (Lipinski definition) is 1. The van der Waals surface area contributed by atoms with Gasteiger partial charge in [-0.25, -0.2) is 0 Å². The number of aryl methyl sites for hydroxylation is 1. The van der Waals surface area contributed by atoms with Gasteiger partial charge in [-0.05, 0) is 25.2 Å². The van der Waals surface area contributed by atoms with E-state index in [-0.39, 0.29) is 5.91 Å². The highest BCUT2D eigenvalue weighted by molar-refractivity contribution is 5.91. The third kappa shape index (κ3) is 3.57. The van der Waals surface area contributed by atoms with Gasteiger partial charge < -0.3 is 9.84 Å². The summed E-state index contributed by atoms with van der Waals surface area (Å²) in [5.41, 5.74) is 0. The molecule has 1 saturated heterocycles. The molecule has 2 rings (SSSR count). The number of rotatable bonds is 3. The molecule has 2 atom stereocenters. The first-order valence-electron chi connectivity index (χ1n) is 6.48. The average molecular weight is 251 g/mol. The van der Waals surface area contributed by atoms with E-state index in [1.165, 1.54) is 6.42 Å². The van der Waals surface area contributed by atoms with Gasteiger partial charge in [-0.2, -0.15) is 0 Å². The van der Waals surface area contributed by atoms with Crippen LogP contribution in [0.3, 0.4) is 0 Å². The maximum atomic E-state index is 11.9. The molecule has 0 saturated carbocycles. The van der Waals surface area contributed by atoms with Gasteiger partial charge in [-0.15, -0.1) is 0 Å². The van der Waals surface area contributed by atoms with Crippen LogP contribution in [0.4, 0.5) is 5.82 Å². The molecule has 1 N–H and O–H groups in total. The van der Waals surface area contributed by atoms with E-state index in [2.05, 4.69) is 29.2 Å². The molecule has 18 heavy (non-hydrogen) atoms. The second kappa shape index (κ2) is 5.52. The Bertz CT molecular complexity index is 406. The lowest BCUT2D eigenvalue weighted by Crippen LogP contribution is -2.42. The molecule has 1 aromatic heterocycles. The quantitative estimate of drug-likeness (QED) is 0.891. The molecule has 2 heterocycles. The molecule has 1 amide bonds. The lowest BCUT2D eigenvalue weighted by molar-refractivity contribution is -0.117. The zero-order valence-electron chi connectivity index (χ0n) is 11.3. The standard InChI is InChI=1S/C13H21N3O2/c1-9-4-10(2)7-16(6-9)8-13(17)14-12-5-11(3)18-15-12/h5,9-10H,4,6-8H2,1-3H3,(H,14,15,17)/t9-,10-/m1/s1. The molecular weight excluding hydrogens is 230 g/mol. The fraction of sp³-hybridized carbons (Fsp3) is 0.692. The van der Waals surface area contributed by atoms with Crippen molar-refractivity contribution in [3.05, 3.63) is 11.8 Å². The van der Waals surface area contributed by atoms with Crippen LogP contribution >= 0.6 is 0 Å². The maximum absolute atomic E-state index is 11.9. The first-order chi connectivity index (χ1) is 8.52. The van der Waals surface area contributed by atoms with Crippen molar-refractivity contribution in [3.63, 3.8) is 0 Å². The van der Waals surface area contributed by atoms with E-state index in [9.17, 15) is 4.79 Å². The Labute approximate surface area is 108 Å². The van der Waals surface area contributed by atoms with Gasteiger partial charge >= 0.3 is 0 Å². The number of carbonyl (C=O) groups is 1. The predicted molar refractivity (Wildman–Crippen MR) is 69.3 cm³/mol. The smallest absolute Gasteiger partial charge is 0.239 e. The number of hydrogen-bond acceptors (Lipinski definition) is 4. The maximum Gasteiger partial charge on any atom is 0.239 e. The van der Waals surface area contributed by atoms with E-state index in [4.69, 9.17) is 4.52 Å². The Morgan fingerprint density at radius 3 is 2.72 bits per heavy atom. The van der Waals surface area contributed by atoms with Gasteiger partial charge in [0.15, 0.2) is 5.82 Å². The van der Waals surface area contributed by atoms with Crippen molar-refractivity contribution < 1.29 is 9.32 Å². The summed E-state index contributed by atoms with van der Waals surface area (Å²) in [5, 5.41) is 6.51. The molecule has 0 unspecified atom stereocenters. The number of aromatic nitrogens is 1. The van der Waals surface area contributed by atoms with Crippen LogP contribution in [-0.2, 0) is 4.79 Å². The van der Waals surface area contributed by atoms with E-state index in [1.54, 1.807) is 13.0 Å². The zero-order chi connectivity index (χ0) is 13.1. The van der Waals surface area contributed by atoms with Crippen molar-refractivity contribution in [1.82, 2.24) is 10.1 Å². The Balaban J connectivity index is 1.83. The minimum atomic E-state index is -0.0235. The van der Waals surface area contributed by atoms with Crippen LogP contribution in [-0.4, -0.2) is 35.6 Å². The SMILES string of the molecule is Cc1cc(NC(=O)CN2C[C@H](C)C[C@@H](C)C2)no1. The summed E-state index contributed by atoms with van der Waals surface area (Å²) >= 11 is 0. The molecule has 1 aromatic rings. The van der Waals surface area contributed by atoms with Crippen LogP contribution in [0.1, 0.15) is 26.0 Å². The van der Waals surface area contributed by atoms with Crippen LogP contribution in [0.25, 0.3) is 0 Å². The molecule has 1 fully saturated rings. The molecule has 1 aliphatic rings. The van der Waals surface area contributed by atoms with E-state index < -0.39 is 0 Å². The molecule has 5 nitrogen and oxygen atoms in total. The topological polar surface area (TPSA) is 58.4 Å².